The monoisotopic (exact) mass is 595 g/mol. The predicted molar refractivity (Wildman–Crippen MR) is 157 cm³/mol. The summed E-state index contributed by atoms with van der Waals surface area (Å²) in [5.41, 5.74) is 2.81. The molecule has 232 valence electrons. The molecule has 0 spiro atoms. The first-order valence-corrected chi connectivity index (χ1v) is 14.6. The minimum Gasteiger partial charge on any atom is -0.389 e. The first-order valence-electron chi connectivity index (χ1n) is 14.6. The molecule has 2 aliphatic heterocycles. The highest BCUT2D eigenvalue weighted by atomic mass is 16.7. The summed E-state index contributed by atoms with van der Waals surface area (Å²) in [6.07, 6.45) is -9.26. The van der Waals surface area contributed by atoms with E-state index in [1.165, 1.54) is 0 Å². The van der Waals surface area contributed by atoms with Gasteiger partial charge in [0.1, 0.15) is 36.6 Å². The summed E-state index contributed by atoms with van der Waals surface area (Å²) < 4.78 is 30.3. The second-order valence-electron chi connectivity index (χ2n) is 11.0. The molecule has 2 aliphatic rings. The molecule has 0 amide bonds. The molecule has 2 saturated heterocycles. The molecule has 0 radical (unpaired) electrons. The van der Waals surface area contributed by atoms with Crippen molar-refractivity contribution in [1.29, 1.82) is 0 Å². The van der Waals surface area contributed by atoms with Crippen molar-refractivity contribution in [2.45, 2.75) is 74.9 Å². The Labute approximate surface area is 251 Å². The minimum atomic E-state index is -1.38. The summed E-state index contributed by atoms with van der Waals surface area (Å²) in [6, 6.07) is 28.2. The highest BCUT2D eigenvalue weighted by Crippen LogP contribution is 2.29. The first kappa shape index (κ1) is 31.7. The number of aliphatic hydroxyl groups is 4. The van der Waals surface area contributed by atoms with Crippen molar-refractivity contribution in [2.24, 2.45) is 0 Å². The SMILES string of the molecule is O[C@@H]1[C@H](O)[C@@H](OCc2ccccc2)[C@H](O[C@H]2[C@H](O)[C@@H](O)CN[C@@H]2COCc2ccccc2)O[C@@H]1COCc1ccccc1. The summed E-state index contributed by atoms with van der Waals surface area (Å²) in [7, 11) is 0. The number of hydrogen-bond donors (Lipinski definition) is 5. The van der Waals surface area contributed by atoms with Gasteiger partial charge in [-0.25, -0.2) is 0 Å². The third kappa shape index (κ3) is 8.68. The Bertz CT molecular complexity index is 1200. The number of rotatable bonds is 13. The second-order valence-corrected chi connectivity index (χ2v) is 11.0. The second kappa shape index (κ2) is 15.8. The molecule has 0 aliphatic carbocycles. The Balaban J connectivity index is 1.29. The van der Waals surface area contributed by atoms with E-state index in [1.807, 2.05) is 91.0 Å². The van der Waals surface area contributed by atoms with Crippen molar-refractivity contribution in [3.8, 4) is 0 Å². The molecule has 2 heterocycles. The van der Waals surface area contributed by atoms with Gasteiger partial charge in [0, 0.05) is 6.54 Å². The van der Waals surface area contributed by atoms with Gasteiger partial charge in [0.05, 0.1) is 45.2 Å². The largest absolute Gasteiger partial charge is 0.389 e. The minimum absolute atomic E-state index is 0.0178. The quantitative estimate of drug-likeness (QED) is 0.198. The molecule has 10 nitrogen and oxygen atoms in total. The van der Waals surface area contributed by atoms with Gasteiger partial charge in [-0.3, -0.25) is 0 Å². The Kier molecular flexibility index (Phi) is 11.7. The van der Waals surface area contributed by atoms with Crippen LogP contribution in [0.4, 0.5) is 0 Å². The van der Waals surface area contributed by atoms with Crippen LogP contribution < -0.4 is 5.32 Å². The molecule has 5 N–H and O–H groups in total. The summed E-state index contributed by atoms with van der Waals surface area (Å²) in [5, 5.41) is 46.9. The number of hydrogen-bond acceptors (Lipinski definition) is 10. The lowest BCUT2D eigenvalue weighted by Crippen LogP contribution is -2.66. The van der Waals surface area contributed by atoms with E-state index in [0.717, 1.165) is 16.7 Å². The molecule has 0 bridgehead atoms. The summed E-state index contributed by atoms with van der Waals surface area (Å²) in [4.78, 5) is 0. The average Bonchev–Trinajstić information content (AvgIpc) is 3.04. The van der Waals surface area contributed by atoms with E-state index >= 15 is 0 Å². The molecule has 10 heteroatoms. The molecule has 3 aromatic carbocycles. The molecular weight excluding hydrogens is 554 g/mol. The Morgan fingerprint density at radius 3 is 1.74 bits per heavy atom. The lowest BCUT2D eigenvalue weighted by molar-refractivity contribution is -0.334. The van der Waals surface area contributed by atoms with Gasteiger partial charge in [-0.05, 0) is 16.7 Å². The maximum absolute atomic E-state index is 11.2. The van der Waals surface area contributed by atoms with Crippen LogP contribution in [0.1, 0.15) is 16.7 Å². The molecule has 43 heavy (non-hydrogen) atoms. The number of piperidine rings is 1. The molecule has 0 unspecified atom stereocenters. The van der Waals surface area contributed by atoms with Gasteiger partial charge in [-0.15, -0.1) is 0 Å². The van der Waals surface area contributed by atoms with Crippen LogP contribution in [-0.2, 0) is 43.5 Å². The van der Waals surface area contributed by atoms with Gasteiger partial charge in [-0.1, -0.05) is 91.0 Å². The number of benzene rings is 3. The van der Waals surface area contributed by atoms with Crippen LogP contribution in [0.2, 0.25) is 0 Å². The van der Waals surface area contributed by atoms with Crippen molar-refractivity contribution >= 4 is 0 Å². The average molecular weight is 596 g/mol. The van der Waals surface area contributed by atoms with Gasteiger partial charge in [0.2, 0.25) is 0 Å². The number of aliphatic hydroxyl groups excluding tert-OH is 4. The molecule has 0 aromatic heterocycles. The van der Waals surface area contributed by atoms with E-state index in [4.69, 9.17) is 23.7 Å². The smallest absolute Gasteiger partial charge is 0.187 e. The van der Waals surface area contributed by atoms with Crippen LogP contribution in [0.15, 0.2) is 91.0 Å². The zero-order chi connectivity index (χ0) is 30.0. The van der Waals surface area contributed by atoms with Crippen molar-refractivity contribution in [2.75, 3.05) is 19.8 Å². The third-order valence-corrected chi connectivity index (χ3v) is 7.74. The van der Waals surface area contributed by atoms with E-state index in [0.29, 0.717) is 13.2 Å². The summed E-state index contributed by atoms with van der Waals surface area (Å²) >= 11 is 0. The number of β-amino-alcohol motifs (C(OH)–C–C–N with tert-alkyl or cyclic N) is 1. The summed E-state index contributed by atoms with van der Waals surface area (Å²) in [6.45, 7) is 1.10. The van der Waals surface area contributed by atoms with Crippen LogP contribution in [0.3, 0.4) is 0 Å². The zero-order valence-corrected chi connectivity index (χ0v) is 23.9. The van der Waals surface area contributed by atoms with Crippen LogP contribution in [0.5, 0.6) is 0 Å². The van der Waals surface area contributed by atoms with E-state index in [-0.39, 0.29) is 26.4 Å². The van der Waals surface area contributed by atoms with Crippen molar-refractivity contribution in [1.82, 2.24) is 5.32 Å². The van der Waals surface area contributed by atoms with E-state index in [9.17, 15) is 20.4 Å². The van der Waals surface area contributed by atoms with Gasteiger partial charge >= 0.3 is 0 Å². The third-order valence-electron chi connectivity index (χ3n) is 7.74. The predicted octanol–water partition coefficient (Wildman–Crippen LogP) is 1.53. The summed E-state index contributed by atoms with van der Waals surface area (Å²) in [5.74, 6) is 0. The maximum Gasteiger partial charge on any atom is 0.187 e. The van der Waals surface area contributed by atoms with Crippen molar-refractivity contribution < 1.29 is 44.1 Å². The van der Waals surface area contributed by atoms with Crippen molar-refractivity contribution in [3.63, 3.8) is 0 Å². The van der Waals surface area contributed by atoms with E-state index < -0.39 is 55.1 Å². The zero-order valence-electron chi connectivity index (χ0n) is 23.9. The maximum atomic E-state index is 11.2. The van der Waals surface area contributed by atoms with Gasteiger partial charge in [-0.2, -0.15) is 0 Å². The number of nitrogens with one attached hydrogen (secondary N) is 1. The lowest BCUT2D eigenvalue weighted by atomic mass is 9.95. The van der Waals surface area contributed by atoms with E-state index in [2.05, 4.69) is 5.32 Å². The molecule has 2 fully saturated rings. The Morgan fingerprint density at radius 1 is 0.628 bits per heavy atom. The lowest BCUT2D eigenvalue weighted by Gasteiger charge is -2.46. The molecular formula is C33H41NO9. The van der Waals surface area contributed by atoms with Crippen LogP contribution in [0.25, 0.3) is 0 Å². The highest BCUT2D eigenvalue weighted by Gasteiger charge is 2.49. The normalized spacial score (nSPS) is 31.1. The standard InChI is InChI=1S/C33H41NO9/c35-26-16-34-25(20-39-17-22-10-4-1-5-11-22)31(28(26)36)43-33-32(41-19-24-14-8-3-9-15-24)30(38)29(37)27(42-33)21-40-18-23-12-6-2-7-13-23/h1-15,25-38H,16-21H2/t25-,26+,27-,28-,29+,30+,31-,32-,33+/m1/s1. The van der Waals surface area contributed by atoms with Crippen LogP contribution >= 0.6 is 0 Å². The Morgan fingerprint density at radius 2 is 1.16 bits per heavy atom. The fraction of sp³-hybridized carbons (Fsp3) is 0.455. The van der Waals surface area contributed by atoms with Crippen LogP contribution in [-0.4, -0.2) is 95.2 Å². The molecule has 9 atom stereocenters. The Hall–Kier alpha value is -2.74. The molecule has 5 rings (SSSR count). The van der Waals surface area contributed by atoms with Gasteiger partial charge in [0.25, 0.3) is 0 Å². The van der Waals surface area contributed by atoms with Gasteiger partial charge < -0.3 is 49.4 Å². The van der Waals surface area contributed by atoms with Gasteiger partial charge in [0.15, 0.2) is 6.29 Å². The fourth-order valence-electron chi connectivity index (χ4n) is 5.29. The molecule has 3 aromatic rings. The van der Waals surface area contributed by atoms with Crippen LogP contribution in [0, 0.1) is 0 Å². The topological polar surface area (TPSA) is 139 Å². The van der Waals surface area contributed by atoms with Crippen molar-refractivity contribution in [3.05, 3.63) is 108 Å². The van der Waals surface area contributed by atoms with E-state index in [1.54, 1.807) is 0 Å². The highest BCUT2D eigenvalue weighted by molar-refractivity contribution is 5.15. The fourth-order valence-corrected chi connectivity index (χ4v) is 5.29. The molecule has 0 saturated carbocycles. The number of ether oxygens (including phenoxy) is 5. The first-order chi connectivity index (χ1) is 21.0.